The van der Waals surface area contributed by atoms with Crippen LogP contribution in [-0.2, 0) is 5.60 Å². The number of rotatable bonds is 2. The molecule has 2 aliphatic rings. The largest absolute Gasteiger partial charge is 0.380 e. The summed E-state index contributed by atoms with van der Waals surface area (Å²) in [5.41, 5.74) is 9.18. The molecule has 0 saturated carbocycles. The maximum absolute atomic E-state index is 13.4. The van der Waals surface area contributed by atoms with Crippen LogP contribution in [0.25, 0.3) is 0 Å². The van der Waals surface area contributed by atoms with Crippen LogP contribution in [0.4, 0.5) is 11.4 Å². The molecule has 166 valence electrons. The second-order valence-corrected chi connectivity index (χ2v) is 8.69. The molecule has 3 aromatic rings. The van der Waals surface area contributed by atoms with E-state index >= 15 is 0 Å². The molecule has 1 atom stereocenters. The number of benzene rings is 3. The van der Waals surface area contributed by atoms with E-state index in [1.54, 1.807) is 28.8 Å². The first kappa shape index (κ1) is 21.5. The van der Waals surface area contributed by atoms with Crippen molar-refractivity contribution >= 4 is 28.8 Å². The van der Waals surface area contributed by atoms with Crippen molar-refractivity contribution in [1.82, 2.24) is 0 Å². The number of Topliss-reactive ketones (excluding diaryl/α,β-unsaturated/α-hetero) is 1. The van der Waals surface area contributed by atoms with E-state index in [9.17, 15) is 15.2 Å². The summed E-state index contributed by atoms with van der Waals surface area (Å²) in [6, 6.07) is 24.3. The third kappa shape index (κ3) is 3.26. The van der Waals surface area contributed by atoms with Crippen LogP contribution >= 0.6 is 0 Å². The number of carbonyl (C=O) groups excluding carboxylic acids is 1. The van der Waals surface area contributed by atoms with Crippen LogP contribution in [-0.4, -0.2) is 27.1 Å². The average Bonchev–Trinajstić information content (AvgIpc) is 2.98. The summed E-state index contributed by atoms with van der Waals surface area (Å²) in [7, 11) is 0. The zero-order chi connectivity index (χ0) is 24.0. The van der Waals surface area contributed by atoms with Gasteiger partial charge in [0.15, 0.2) is 5.78 Å². The number of aryl methyl sites for hydroxylation is 2. The lowest BCUT2D eigenvalue weighted by Gasteiger charge is -2.23. The predicted octanol–water partition coefficient (Wildman–Crippen LogP) is 4.34. The number of ketones is 1. The molecule has 3 aromatic carbocycles. The fraction of sp³-hybridized carbons (Fsp3) is 0.143. The van der Waals surface area contributed by atoms with Crippen LogP contribution in [0.1, 0.15) is 33.5 Å². The molecule has 0 spiro atoms. The fourth-order valence-corrected chi connectivity index (χ4v) is 4.64. The maximum atomic E-state index is 13.4. The Morgan fingerprint density at radius 3 is 2.26 bits per heavy atom. The lowest BCUT2D eigenvalue weighted by Crippen LogP contribution is -2.32. The summed E-state index contributed by atoms with van der Waals surface area (Å²) in [5, 5.41) is 22.1. The molecule has 1 aliphatic heterocycles. The molecule has 1 heterocycles. The first-order chi connectivity index (χ1) is 16.3. The Balaban J connectivity index is 1.83. The lowest BCUT2D eigenvalue weighted by molar-refractivity contribution is -0.311. The molecular weight excluding hydrogens is 424 g/mol. The summed E-state index contributed by atoms with van der Waals surface area (Å²) in [6.07, 6.45) is -0.0290. The van der Waals surface area contributed by atoms with Crippen molar-refractivity contribution in [2.75, 3.05) is 0 Å². The van der Waals surface area contributed by atoms with Gasteiger partial charge in [0, 0.05) is 5.56 Å². The minimum Gasteiger partial charge on any atom is -0.380 e. The van der Waals surface area contributed by atoms with Gasteiger partial charge in [-0.3, -0.25) is 4.79 Å². The Labute approximate surface area is 197 Å². The van der Waals surface area contributed by atoms with Crippen molar-refractivity contribution in [3.05, 3.63) is 106 Å². The summed E-state index contributed by atoms with van der Waals surface area (Å²) in [5.74, 6) is 0.0993. The molecule has 1 unspecified atom stereocenters. The molecule has 5 rings (SSSR count). The minimum atomic E-state index is -1.73. The molecule has 0 aromatic heterocycles. The highest BCUT2D eigenvalue weighted by Gasteiger charge is 2.53. The van der Waals surface area contributed by atoms with Crippen LogP contribution in [0, 0.1) is 25.2 Å². The van der Waals surface area contributed by atoms with E-state index in [0.717, 1.165) is 11.1 Å². The van der Waals surface area contributed by atoms with Gasteiger partial charge in [-0.1, -0.05) is 59.7 Å². The van der Waals surface area contributed by atoms with E-state index in [-0.39, 0.29) is 23.4 Å². The van der Waals surface area contributed by atoms with Crippen molar-refractivity contribution in [3.63, 3.8) is 0 Å². The summed E-state index contributed by atoms with van der Waals surface area (Å²) < 4.78 is 1.66. The molecule has 0 radical (unpaired) electrons. The molecule has 0 bridgehead atoms. The Morgan fingerprint density at radius 1 is 1.00 bits per heavy atom. The lowest BCUT2D eigenvalue weighted by atomic mass is 9.86. The monoisotopic (exact) mass is 447 g/mol. The maximum Gasteiger partial charge on any atom is 0.247 e. The Morgan fingerprint density at radius 2 is 1.62 bits per heavy atom. The van der Waals surface area contributed by atoms with E-state index in [1.165, 1.54) is 0 Å². The van der Waals surface area contributed by atoms with E-state index in [1.807, 2.05) is 62.4 Å². The number of nitrogens with zero attached hydrogens (tertiary/aromatic N) is 3. The zero-order valence-corrected chi connectivity index (χ0v) is 18.9. The third-order valence-corrected chi connectivity index (χ3v) is 6.37. The molecule has 0 fully saturated rings. The standard InChI is InChI=1S/C28H22N4O2/c1-17-7-11-19(12-8-17)31-24-15-28(34)23-6-4-3-5-21(23)26(33)25(28)22(16-29)27(30)32(24)20-13-9-18(2)10-14-20/h3-14,30,34H,15H2,1-2H3/p+1. The normalized spacial score (nSPS) is 20.8. The predicted molar refractivity (Wildman–Crippen MR) is 130 cm³/mol. The fourth-order valence-electron chi connectivity index (χ4n) is 4.64. The zero-order valence-electron chi connectivity index (χ0n) is 18.9. The second kappa shape index (κ2) is 7.91. The van der Waals surface area contributed by atoms with Gasteiger partial charge in [0.1, 0.15) is 28.6 Å². The molecular formula is C28H23N4O2+. The van der Waals surface area contributed by atoms with Gasteiger partial charge in [-0.05, 0) is 43.7 Å². The summed E-state index contributed by atoms with van der Waals surface area (Å²) >= 11 is 0. The Kier molecular flexibility index (Phi) is 5.00. The number of hydrogen-bond donors (Lipinski definition) is 2. The van der Waals surface area contributed by atoms with Gasteiger partial charge in [0.25, 0.3) is 0 Å². The summed E-state index contributed by atoms with van der Waals surface area (Å²) in [4.78, 5) is 18.3. The van der Waals surface area contributed by atoms with Crippen LogP contribution in [0.15, 0.2) is 88.9 Å². The van der Waals surface area contributed by atoms with Crippen LogP contribution in [0.3, 0.4) is 0 Å². The van der Waals surface area contributed by atoms with Crippen molar-refractivity contribution < 1.29 is 14.5 Å². The minimum absolute atomic E-state index is 0.0000761. The number of amidine groups is 2. The molecule has 1 aliphatic carbocycles. The number of nitrogens with two attached hydrogens (primary N) is 1. The highest BCUT2D eigenvalue weighted by Crippen LogP contribution is 2.47. The second-order valence-electron chi connectivity index (χ2n) is 8.69. The molecule has 0 amide bonds. The van der Waals surface area contributed by atoms with Crippen molar-refractivity contribution in [3.8, 4) is 6.07 Å². The third-order valence-electron chi connectivity index (χ3n) is 6.37. The SMILES string of the molecule is Cc1ccc(N=C2CC3(O)C(=C(C#N)C(N)=[N+]2c2ccc(C)cc2)C(=O)c2ccccc23)cc1. The van der Waals surface area contributed by atoms with Crippen molar-refractivity contribution in [2.24, 2.45) is 10.7 Å². The van der Waals surface area contributed by atoms with Crippen LogP contribution < -0.4 is 5.73 Å². The van der Waals surface area contributed by atoms with Crippen LogP contribution in [0.2, 0.25) is 0 Å². The van der Waals surface area contributed by atoms with Gasteiger partial charge in [0.2, 0.25) is 11.7 Å². The number of nitriles is 1. The molecule has 0 saturated heterocycles. The molecule has 6 heteroatoms. The topological polar surface area (TPSA) is 102 Å². The van der Waals surface area contributed by atoms with E-state index in [4.69, 9.17) is 10.7 Å². The highest BCUT2D eigenvalue weighted by atomic mass is 16.3. The average molecular weight is 448 g/mol. The smallest absolute Gasteiger partial charge is 0.247 e. The van der Waals surface area contributed by atoms with E-state index in [0.29, 0.717) is 28.3 Å². The number of aliphatic imine (C=N–C) groups is 1. The van der Waals surface area contributed by atoms with Crippen molar-refractivity contribution in [1.29, 1.82) is 5.26 Å². The van der Waals surface area contributed by atoms with Crippen LogP contribution in [0.5, 0.6) is 0 Å². The quantitative estimate of drug-likeness (QED) is 0.570. The number of aliphatic hydroxyl groups is 1. The molecule has 3 N–H and O–H groups in total. The van der Waals surface area contributed by atoms with Gasteiger partial charge in [-0.15, -0.1) is 4.99 Å². The summed E-state index contributed by atoms with van der Waals surface area (Å²) in [6.45, 7) is 3.97. The van der Waals surface area contributed by atoms with E-state index in [2.05, 4.69) is 6.07 Å². The first-order valence-electron chi connectivity index (χ1n) is 11.0. The van der Waals surface area contributed by atoms with Gasteiger partial charge in [0.05, 0.1) is 12.0 Å². The van der Waals surface area contributed by atoms with Gasteiger partial charge >= 0.3 is 0 Å². The van der Waals surface area contributed by atoms with Gasteiger partial charge in [-0.2, -0.15) is 9.84 Å². The highest BCUT2D eigenvalue weighted by molar-refractivity contribution is 6.21. The van der Waals surface area contributed by atoms with E-state index < -0.39 is 11.4 Å². The number of carbonyl (C=O) groups is 1. The first-order valence-corrected chi connectivity index (χ1v) is 11.0. The van der Waals surface area contributed by atoms with Gasteiger partial charge < -0.3 is 10.8 Å². The van der Waals surface area contributed by atoms with Gasteiger partial charge in [-0.25, -0.2) is 0 Å². The van der Waals surface area contributed by atoms with Crippen molar-refractivity contribution in [2.45, 2.75) is 25.9 Å². The molecule has 6 nitrogen and oxygen atoms in total. The number of fused-ring (bicyclic) bond motifs is 3. The molecule has 34 heavy (non-hydrogen) atoms. The number of hydrogen-bond acceptors (Lipinski definition) is 5. The Bertz CT molecular complexity index is 1470. The Hall–Kier alpha value is -4.34.